The molecule has 0 saturated carbocycles. The Balaban J connectivity index is 1.41. The summed E-state index contributed by atoms with van der Waals surface area (Å²) in [4.78, 5) is 8.89. The molecule has 0 aromatic heterocycles. The third-order valence-corrected chi connectivity index (χ3v) is 5.47. The van der Waals surface area contributed by atoms with Crippen molar-refractivity contribution in [2.24, 2.45) is 15.1 Å². The second kappa shape index (κ2) is 5.52. The van der Waals surface area contributed by atoms with E-state index in [1.54, 1.807) is 5.01 Å². The highest BCUT2D eigenvalue weighted by atomic mass is 35.5. The summed E-state index contributed by atoms with van der Waals surface area (Å²) in [7, 11) is 0. The fraction of sp³-hybridized carbons (Fsp3) is 0.471. The second-order valence-corrected chi connectivity index (χ2v) is 7.07. The minimum absolute atomic E-state index is 0.127. The third kappa shape index (κ3) is 2.38. The molecule has 25 heavy (non-hydrogen) atoms. The predicted octanol–water partition coefficient (Wildman–Crippen LogP) is 1.38. The number of hydrogen-bond donors (Lipinski definition) is 2. The van der Waals surface area contributed by atoms with Crippen LogP contribution >= 0.6 is 11.6 Å². The van der Waals surface area contributed by atoms with Crippen LogP contribution in [0.3, 0.4) is 0 Å². The van der Waals surface area contributed by atoms with E-state index in [2.05, 4.69) is 44.7 Å². The maximum atomic E-state index is 10.5. The van der Waals surface area contributed by atoms with Crippen LogP contribution in [0.2, 0.25) is 0 Å². The number of aliphatic hydroxyl groups is 1. The molecule has 1 saturated heterocycles. The number of fused-ring (bicyclic) bond motifs is 2. The summed E-state index contributed by atoms with van der Waals surface area (Å²) in [5.74, 6) is 0.00348. The maximum Gasteiger partial charge on any atom is 0.242 e. The number of ether oxygens (including phenoxy) is 1. The van der Waals surface area contributed by atoms with E-state index >= 15 is 0 Å². The zero-order chi connectivity index (χ0) is 17.0. The molecule has 1 aromatic rings. The summed E-state index contributed by atoms with van der Waals surface area (Å²) in [5, 5.41) is 20.0. The van der Waals surface area contributed by atoms with Gasteiger partial charge in [-0.2, -0.15) is 4.99 Å². The SMILES string of the molecule is OC1(C2CN=C3C(N[C@H]4CCc5ccccc54)=NC(Cl)=NN32)CCO1. The summed E-state index contributed by atoms with van der Waals surface area (Å²) in [6.45, 7) is 0.952. The molecule has 1 aliphatic carbocycles. The molecule has 1 fully saturated rings. The van der Waals surface area contributed by atoms with Crippen LogP contribution in [0.4, 0.5) is 0 Å². The molecule has 0 amide bonds. The predicted molar refractivity (Wildman–Crippen MR) is 94.8 cm³/mol. The van der Waals surface area contributed by atoms with Gasteiger partial charge in [-0.25, -0.2) is 5.01 Å². The lowest BCUT2D eigenvalue weighted by Crippen LogP contribution is -2.60. The van der Waals surface area contributed by atoms with Gasteiger partial charge in [-0.1, -0.05) is 24.3 Å². The average molecular weight is 360 g/mol. The molecule has 8 heteroatoms. The molecule has 2 unspecified atom stereocenters. The minimum atomic E-state index is -1.21. The summed E-state index contributed by atoms with van der Waals surface area (Å²) in [6, 6.07) is 8.22. The van der Waals surface area contributed by atoms with Crippen LogP contribution in [0.25, 0.3) is 0 Å². The number of halogens is 1. The lowest BCUT2D eigenvalue weighted by atomic mass is 9.99. The molecule has 7 nitrogen and oxygen atoms in total. The Morgan fingerprint density at radius 3 is 3.00 bits per heavy atom. The van der Waals surface area contributed by atoms with E-state index in [1.165, 1.54) is 11.1 Å². The lowest BCUT2D eigenvalue weighted by Gasteiger charge is -2.43. The first kappa shape index (κ1) is 15.3. The maximum absolute atomic E-state index is 10.5. The van der Waals surface area contributed by atoms with Crippen molar-refractivity contribution in [2.75, 3.05) is 13.2 Å². The lowest BCUT2D eigenvalue weighted by molar-refractivity contribution is -0.303. The summed E-state index contributed by atoms with van der Waals surface area (Å²) in [6.07, 6.45) is 2.60. The second-order valence-electron chi connectivity index (χ2n) is 6.73. The molecule has 0 radical (unpaired) electrons. The van der Waals surface area contributed by atoms with Gasteiger partial charge in [-0.3, -0.25) is 4.99 Å². The molecule has 4 aliphatic rings. The molecule has 3 aliphatic heterocycles. The minimum Gasteiger partial charge on any atom is -0.364 e. The van der Waals surface area contributed by atoms with Gasteiger partial charge >= 0.3 is 0 Å². The van der Waals surface area contributed by atoms with Crippen molar-refractivity contribution in [3.8, 4) is 0 Å². The van der Waals surface area contributed by atoms with Crippen LogP contribution in [-0.4, -0.2) is 52.1 Å². The van der Waals surface area contributed by atoms with Crippen molar-refractivity contribution in [3.63, 3.8) is 0 Å². The molecular formula is C17H18ClN5O2. The molecule has 3 heterocycles. The van der Waals surface area contributed by atoms with E-state index in [9.17, 15) is 5.11 Å². The van der Waals surface area contributed by atoms with E-state index in [0.29, 0.717) is 31.2 Å². The van der Waals surface area contributed by atoms with Gasteiger partial charge in [-0.05, 0) is 35.6 Å². The number of rotatable bonds is 2. The van der Waals surface area contributed by atoms with Crippen LogP contribution in [0.15, 0.2) is 39.4 Å². The van der Waals surface area contributed by atoms with Crippen LogP contribution in [0, 0.1) is 0 Å². The topological polar surface area (TPSA) is 81.8 Å². The van der Waals surface area contributed by atoms with Crippen molar-refractivity contribution in [1.29, 1.82) is 0 Å². The molecule has 3 atom stereocenters. The molecule has 0 spiro atoms. The van der Waals surface area contributed by atoms with Gasteiger partial charge < -0.3 is 15.2 Å². The molecule has 5 rings (SSSR count). The van der Waals surface area contributed by atoms with Crippen LogP contribution in [0.5, 0.6) is 0 Å². The Morgan fingerprint density at radius 2 is 2.20 bits per heavy atom. The van der Waals surface area contributed by atoms with Crippen LogP contribution in [0.1, 0.15) is 30.0 Å². The van der Waals surface area contributed by atoms with E-state index < -0.39 is 5.79 Å². The van der Waals surface area contributed by atoms with E-state index in [4.69, 9.17) is 16.3 Å². The van der Waals surface area contributed by atoms with Gasteiger partial charge in [-0.15, -0.1) is 5.10 Å². The number of nitrogens with zero attached hydrogens (tertiary/aromatic N) is 4. The third-order valence-electron chi connectivity index (χ3n) is 5.31. The molecular weight excluding hydrogens is 342 g/mol. The number of benzene rings is 1. The summed E-state index contributed by atoms with van der Waals surface area (Å²) >= 11 is 6.14. The molecule has 2 N–H and O–H groups in total. The highest BCUT2D eigenvalue weighted by molar-refractivity contribution is 6.67. The van der Waals surface area contributed by atoms with Crippen LogP contribution in [-0.2, 0) is 11.2 Å². The van der Waals surface area contributed by atoms with Crippen molar-refractivity contribution >= 4 is 28.6 Å². The Morgan fingerprint density at radius 1 is 1.36 bits per heavy atom. The Bertz CT molecular complexity index is 817. The Labute approximate surface area is 150 Å². The molecule has 1 aromatic carbocycles. The van der Waals surface area contributed by atoms with Crippen molar-refractivity contribution in [2.45, 2.75) is 37.1 Å². The fourth-order valence-corrected chi connectivity index (χ4v) is 4.07. The van der Waals surface area contributed by atoms with Gasteiger partial charge in [0.2, 0.25) is 5.29 Å². The van der Waals surface area contributed by atoms with Crippen molar-refractivity contribution in [3.05, 3.63) is 35.4 Å². The number of hydrazone groups is 1. The first-order valence-corrected chi connectivity index (χ1v) is 8.89. The zero-order valence-corrected chi connectivity index (χ0v) is 14.3. The Kier molecular flexibility index (Phi) is 3.38. The Hall–Kier alpha value is -1.96. The number of amidine groups is 3. The summed E-state index contributed by atoms with van der Waals surface area (Å²) < 4.78 is 5.37. The van der Waals surface area contributed by atoms with E-state index in [1.807, 2.05) is 0 Å². The first-order chi connectivity index (χ1) is 12.1. The monoisotopic (exact) mass is 359 g/mol. The van der Waals surface area contributed by atoms with Gasteiger partial charge in [0.25, 0.3) is 0 Å². The number of aryl methyl sites for hydroxylation is 1. The zero-order valence-electron chi connectivity index (χ0n) is 13.5. The van der Waals surface area contributed by atoms with E-state index in [-0.39, 0.29) is 17.4 Å². The largest absolute Gasteiger partial charge is 0.364 e. The highest BCUT2D eigenvalue weighted by Gasteiger charge is 2.52. The van der Waals surface area contributed by atoms with Gasteiger partial charge in [0.05, 0.1) is 19.2 Å². The van der Waals surface area contributed by atoms with Crippen molar-refractivity contribution < 1.29 is 9.84 Å². The number of nitrogens with one attached hydrogen (secondary N) is 1. The molecule has 0 bridgehead atoms. The first-order valence-electron chi connectivity index (χ1n) is 8.51. The van der Waals surface area contributed by atoms with E-state index in [0.717, 1.165) is 12.8 Å². The van der Waals surface area contributed by atoms with Crippen LogP contribution < -0.4 is 5.32 Å². The number of hydrogen-bond acceptors (Lipinski definition) is 7. The fourth-order valence-electron chi connectivity index (χ4n) is 3.90. The average Bonchev–Trinajstić information content (AvgIpc) is 3.17. The quantitative estimate of drug-likeness (QED) is 0.781. The van der Waals surface area contributed by atoms with Gasteiger partial charge in [0, 0.05) is 6.42 Å². The standard InChI is InChI=1S/C17H18ClN5O2/c18-16-21-14(20-12-6-5-10-3-1-2-4-11(10)12)15-19-9-13(23(15)22-16)17(24)7-8-25-17/h1-4,12-13,24H,5-9H2,(H,20,21,22)/t12-,13?,17?/m0/s1. The normalized spacial score (nSPS) is 33.0. The summed E-state index contributed by atoms with van der Waals surface area (Å²) in [5.41, 5.74) is 2.64. The van der Waals surface area contributed by atoms with Gasteiger partial charge in [0.1, 0.15) is 6.04 Å². The molecule has 130 valence electrons. The van der Waals surface area contributed by atoms with Gasteiger partial charge in [0.15, 0.2) is 17.5 Å². The highest BCUT2D eigenvalue weighted by Crippen LogP contribution is 2.35. The number of aliphatic imine (C=N–C) groups is 2. The smallest absolute Gasteiger partial charge is 0.242 e. The van der Waals surface area contributed by atoms with Crippen molar-refractivity contribution in [1.82, 2.24) is 10.3 Å².